The summed E-state index contributed by atoms with van der Waals surface area (Å²) in [6.45, 7) is 0. The minimum atomic E-state index is -4.97. The van der Waals surface area contributed by atoms with E-state index in [0.29, 0.717) is 28.3 Å². The van der Waals surface area contributed by atoms with Gasteiger partial charge in [-0.2, -0.15) is 18.2 Å². The summed E-state index contributed by atoms with van der Waals surface area (Å²) in [5.74, 6) is 0.573. The van der Waals surface area contributed by atoms with Crippen LogP contribution < -0.4 is 14.8 Å². The van der Waals surface area contributed by atoms with Crippen molar-refractivity contribution in [3.63, 3.8) is 0 Å². The normalized spacial score (nSPS) is 20.1. The van der Waals surface area contributed by atoms with E-state index in [9.17, 15) is 4.79 Å². The maximum atomic E-state index is 15.1. The third kappa shape index (κ3) is 3.40. The Balaban J connectivity index is 1.83. The monoisotopic (exact) mass is 480 g/mol. The Hall–Kier alpha value is -4.34. The maximum Gasteiger partial charge on any atom is 0.435 e. The molecule has 3 aromatic carbocycles. The van der Waals surface area contributed by atoms with E-state index in [0.717, 1.165) is 4.90 Å². The number of aliphatic imine (C=N–C) groups is 2. The van der Waals surface area contributed by atoms with E-state index in [1.54, 1.807) is 48.5 Å². The zero-order valence-corrected chi connectivity index (χ0v) is 18.6. The van der Waals surface area contributed by atoms with Gasteiger partial charge in [-0.1, -0.05) is 48.5 Å². The molecule has 0 saturated heterocycles. The lowest BCUT2D eigenvalue weighted by Crippen LogP contribution is -2.69. The number of rotatable bonds is 4. The molecule has 2 heterocycles. The number of hydrogen-bond donors (Lipinski definition) is 1. The van der Waals surface area contributed by atoms with Crippen LogP contribution in [0, 0.1) is 0 Å². The van der Waals surface area contributed by atoms with Crippen molar-refractivity contribution in [3.8, 4) is 11.5 Å². The molecule has 5 rings (SSSR count). The average Bonchev–Trinajstić information content (AvgIpc) is 3.16. The first-order valence-corrected chi connectivity index (χ1v) is 10.5. The summed E-state index contributed by atoms with van der Waals surface area (Å²) < 4.78 is 55.9. The Morgan fingerprint density at radius 2 is 1.57 bits per heavy atom. The number of amidine groups is 2. The van der Waals surface area contributed by atoms with E-state index in [-0.39, 0.29) is 17.2 Å². The molecule has 0 aromatic heterocycles. The number of carbonyl (C=O) groups excluding carboxylic acids is 1. The number of benzene rings is 3. The topological polar surface area (TPSA) is 75.5 Å². The molecule has 0 saturated carbocycles. The van der Waals surface area contributed by atoms with Gasteiger partial charge < -0.3 is 14.8 Å². The summed E-state index contributed by atoms with van der Waals surface area (Å²) >= 11 is 0. The predicted molar refractivity (Wildman–Crippen MR) is 123 cm³/mol. The quantitative estimate of drug-likeness (QED) is 0.572. The Labute approximate surface area is 198 Å². The molecule has 2 aliphatic heterocycles. The third-order valence-electron chi connectivity index (χ3n) is 5.89. The predicted octanol–water partition coefficient (Wildman–Crippen LogP) is 4.98. The molecule has 0 spiro atoms. The van der Waals surface area contributed by atoms with Gasteiger partial charge in [-0.15, -0.1) is 0 Å². The van der Waals surface area contributed by atoms with Crippen molar-refractivity contribution in [1.82, 2.24) is 10.2 Å². The number of nitrogens with one attached hydrogen (secondary N) is 1. The summed E-state index contributed by atoms with van der Waals surface area (Å²) in [6, 6.07) is 17.6. The molecule has 10 heteroatoms. The molecule has 2 aliphatic rings. The number of alkyl halides is 3. The number of amides is 2. The number of methoxy groups -OCH3 is 2. The fourth-order valence-corrected chi connectivity index (χ4v) is 4.32. The fourth-order valence-electron chi connectivity index (χ4n) is 4.32. The number of para-hydroxylation sites is 2. The summed E-state index contributed by atoms with van der Waals surface area (Å²) in [5, 5.41) is 2.10. The molecule has 35 heavy (non-hydrogen) atoms. The molecule has 1 atom stereocenters. The first kappa shape index (κ1) is 22.5. The molecule has 0 fully saturated rings. The number of ether oxygens (including phenoxy) is 2. The molecule has 7 nitrogen and oxygen atoms in total. The second-order valence-electron chi connectivity index (χ2n) is 7.79. The summed E-state index contributed by atoms with van der Waals surface area (Å²) in [5.41, 5.74) is -2.13. The molecule has 0 bridgehead atoms. The first-order chi connectivity index (χ1) is 16.8. The van der Waals surface area contributed by atoms with Crippen LogP contribution >= 0.6 is 0 Å². The molecular weight excluding hydrogens is 461 g/mol. The Kier molecular flexibility index (Phi) is 5.23. The van der Waals surface area contributed by atoms with Crippen molar-refractivity contribution < 1.29 is 27.4 Å². The van der Waals surface area contributed by atoms with Crippen LogP contribution in [0.2, 0.25) is 0 Å². The van der Waals surface area contributed by atoms with Crippen LogP contribution in [0.15, 0.2) is 82.8 Å². The van der Waals surface area contributed by atoms with Gasteiger partial charge in [0.1, 0.15) is 23.0 Å². The lowest BCUT2D eigenvalue weighted by atomic mass is 9.95. The lowest BCUT2D eigenvalue weighted by Gasteiger charge is -2.46. The van der Waals surface area contributed by atoms with E-state index in [1.807, 2.05) is 0 Å². The van der Waals surface area contributed by atoms with Gasteiger partial charge in [0.2, 0.25) is 5.66 Å². The highest BCUT2D eigenvalue weighted by Crippen LogP contribution is 2.48. The first-order valence-electron chi connectivity index (χ1n) is 10.5. The Bertz CT molecular complexity index is 1370. The van der Waals surface area contributed by atoms with Crippen molar-refractivity contribution in [2.45, 2.75) is 11.8 Å². The minimum absolute atomic E-state index is 0.0306. The maximum absolute atomic E-state index is 15.1. The second kappa shape index (κ2) is 8.15. The van der Waals surface area contributed by atoms with E-state index < -0.39 is 17.9 Å². The van der Waals surface area contributed by atoms with Crippen LogP contribution in [0.1, 0.15) is 16.7 Å². The zero-order chi connectivity index (χ0) is 24.8. The number of carbonyl (C=O) groups is 1. The average molecular weight is 480 g/mol. The van der Waals surface area contributed by atoms with Gasteiger partial charge in [-0.05, 0) is 24.3 Å². The summed E-state index contributed by atoms with van der Waals surface area (Å²) in [7, 11) is 2.86. The van der Waals surface area contributed by atoms with Crippen LogP contribution in [0.5, 0.6) is 11.5 Å². The Morgan fingerprint density at radius 1 is 0.914 bits per heavy atom. The van der Waals surface area contributed by atoms with Crippen molar-refractivity contribution >= 4 is 23.4 Å². The van der Waals surface area contributed by atoms with E-state index >= 15 is 13.2 Å². The molecule has 3 aromatic rings. The van der Waals surface area contributed by atoms with Crippen molar-refractivity contribution in [3.05, 3.63) is 89.5 Å². The van der Waals surface area contributed by atoms with E-state index in [2.05, 4.69) is 15.3 Å². The lowest BCUT2D eigenvalue weighted by molar-refractivity contribution is -0.223. The molecule has 0 aliphatic carbocycles. The molecule has 1 unspecified atom stereocenters. The number of halogens is 3. The van der Waals surface area contributed by atoms with E-state index in [1.165, 1.54) is 38.5 Å². The largest absolute Gasteiger partial charge is 0.497 e. The number of hydrogen-bond acceptors (Lipinski definition) is 4. The van der Waals surface area contributed by atoms with Crippen molar-refractivity contribution in [1.29, 1.82) is 0 Å². The smallest absolute Gasteiger partial charge is 0.435 e. The molecule has 0 radical (unpaired) electrons. The third-order valence-corrected chi connectivity index (χ3v) is 5.89. The highest BCUT2D eigenvalue weighted by atomic mass is 19.4. The molecular formula is C25H19F3N4O3. The van der Waals surface area contributed by atoms with Gasteiger partial charge in [-0.25, -0.2) is 9.79 Å². The molecule has 178 valence electrons. The van der Waals surface area contributed by atoms with Crippen molar-refractivity contribution in [2.75, 3.05) is 14.2 Å². The van der Waals surface area contributed by atoms with Crippen molar-refractivity contribution in [2.24, 2.45) is 9.98 Å². The van der Waals surface area contributed by atoms with Crippen LogP contribution in [0.3, 0.4) is 0 Å². The highest BCUT2D eigenvalue weighted by Gasteiger charge is 2.66. The Morgan fingerprint density at radius 3 is 2.23 bits per heavy atom. The summed E-state index contributed by atoms with van der Waals surface area (Å²) in [6.07, 6.45) is -4.97. The van der Waals surface area contributed by atoms with Gasteiger partial charge in [0.15, 0.2) is 5.84 Å². The minimum Gasteiger partial charge on any atom is -0.497 e. The van der Waals surface area contributed by atoms with Gasteiger partial charge in [0, 0.05) is 16.7 Å². The zero-order valence-electron chi connectivity index (χ0n) is 18.6. The van der Waals surface area contributed by atoms with Gasteiger partial charge in [0.05, 0.1) is 14.2 Å². The SMILES string of the molecule is COc1ccc(C2(C(F)(F)F)NC(=O)N=C3c4ccccc4C(=Nc4ccccc4OC)N32)cc1. The fraction of sp³-hybridized carbons (Fsp3) is 0.160. The van der Waals surface area contributed by atoms with Crippen LogP contribution in [0.25, 0.3) is 0 Å². The van der Waals surface area contributed by atoms with Crippen LogP contribution in [0.4, 0.5) is 23.7 Å². The second-order valence-corrected chi connectivity index (χ2v) is 7.79. The van der Waals surface area contributed by atoms with Gasteiger partial charge in [-0.3, -0.25) is 4.90 Å². The molecule has 2 amide bonds. The number of nitrogens with zero attached hydrogens (tertiary/aromatic N) is 3. The molecule has 1 N–H and O–H groups in total. The highest BCUT2D eigenvalue weighted by molar-refractivity contribution is 6.28. The van der Waals surface area contributed by atoms with E-state index in [4.69, 9.17) is 9.47 Å². The van der Waals surface area contributed by atoms with Crippen LogP contribution in [-0.2, 0) is 5.66 Å². The summed E-state index contributed by atoms with van der Waals surface area (Å²) in [4.78, 5) is 22.1. The van der Waals surface area contributed by atoms with Gasteiger partial charge >= 0.3 is 12.2 Å². The van der Waals surface area contributed by atoms with Crippen LogP contribution in [-0.4, -0.2) is 43.0 Å². The number of fused-ring (bicyclic) bond motifs is 3. The van der Waals surface area contributed by atoms with Gasteiger partial charge in [0.25, 0.3) is 0 Å². The standard InChI is InChI=1S/C25H19F3N4O3/c1-34-16-13-11-15(12-14-16)24(25(26,27)28)31-23(33)30-22-18-8-4-3-7-17(18)21(32(22)24)29-19-9-5-6-10-20(19)35-2/h3-14H,1-2H3,(H,31,33). The number of urea groups is 1.